The predicted octanol–water partition coefficient (Wildman–Crippen LogP) is 6.58. The van der Waals surface area contributed by atoms with E-state index in [9.17, 15) is 9.18 Å². The first-order chi connectivity index (χ1) is 14.5. The SMILES string of the molecule is O=C(CC1CC2CC(c3ccnc4ccc(F)cc34)C[C@H]2C1)Nc1ccc(Cl)cc1. The van der Waals surface area contributed by atoms with Crippen LogP contribution in [0.5, 0.6) is 0 Å². The third kappa shape index (κ3) is 3.93. The minimum Gasteiger partial charge on any atom is -0.326 e. The molecule has 2 aromatic carbocycles. The molecule has 0 radical (unpaired) electrons. The number of pyridine rings is 1. The van der Waals surface area contributed by atoms with Crippen LogP contribution in [0.25, 0.3) is 10.9 Å². The maximum absolute atomic E-state index is 13.8. The minimum absolute atomic E-state index is 0.0782. The molecule has 3 nitrogen and oxygen atoms in total. The van der Waals surface area contributed by atoms with Gasteiger partial charge in [0.05, 0.1) is 5.52 Å². The van der Waals surface area contributed by atoms with Gasteiger partial charge in [-0.2, -0.15) is 0 Å². The highest BCUT2D eigenvalue weighted by Gasteiger charge is 2.42. The van der Waals surface area contributed by atoms with Gasteiger partial charge in [0.25, 0.3) is 0 Å². The van der Waals surface area contributed by atoms with Crippen LogP contribution in [0.2, 0.25) is 5.02 Å². The van der Waals surface area contributed by atoms with Crippen molar-refractivity contribution < 1.29 is 9.18 Å². The van der Waals surface area contributed by atoms with Crippen LogP contribution < -0.4 is 5.32 Å². The van der Waals surface area contributed by atoms with Gasteiger partial charge in [-0.25, -0.2) is 4.39 Å². The highest BCUT2D eigenvalue weighted by Crippen LogP contribution is 2.53. The number of amides is 1. The molecule has 3 unspecified atom stereocenters. The van der Waals surface area contributed by atoms with Crippen LogP contribution in [0.4, 0.5) is 10.1 Å². The van der Waals surface area contributed by atoms with E-state index in [2.05, 4.69) is 16.4 Å². The van der Waals surface area contributed by atoms with Crippen LogP contribution in [-0.4, -0.2) is 10.9 Å². The van der Waals surface area contributed by atoms with Crippen molar-refractivity contribution in [3.05, 3.63) is 71.1 Å². The summed E-state index contributed by atoms with van der Waals surface area (Å²) in [5.41, 5.74) is 2.88. The summed E-state index contributed by atoms with van der Waals surface area (Å²) in [7, 11) is 0. The monoisotopic (exact) mass is 422 g/mol. The van der Waals surface area contributed by atoms with Crippen molar-refractivity contribution in [2.24, 2.45) is 17.8 Å². The quantitative estimate of drug-likeness (QED) is 0.516. The summed E-state index contributed by atoms with van der Waals surface area (Å²) in [6, 6.07) is 14.1. The number of benzene rings is 2. The van der Waals surface area contributed by atoms with Crippen LogP contribution in [0.15, 0.2) is 54.7 Å². The Morgan fingerprint density at radius 3 is 2.50 bits per heavy atom. The predicted molar refractivity (Wildman–Crippen MR) is 118 cm³/mol. The molecular formula is C25H24ClFN2O. The Bertz CT molecular complexity index is 1070. The van der Waals surface area contributed by atoms with E-state index in [-0.39, 0.29) is 11.7 Å². The second kappa shape index (κ2) is 7.99. The molecule has 5 rings (SSSR count). The molecule has 0 saturated heterocycles. The topological polar surface area (TPSA) is 42.0 Å². The van der Waals surface area contributed by atoms with Crippen LogP contribution >= 0.6 is 11.6 Å². The fraction of sp³-hybridized carbons (Fsp3) is 0.360. The Morgan fingerprint density at radius 1 is 1.03 bits per heavy atom. The standard InChI is InChI=1S/C25H24ClFN2O/c26-19-1-4-21(5-2-19)29-25(30)11-15-9-16-12-18(13-17(16)10-15)22-7-8-28-24-6-3-20(27)14-23(22)24/h1-8,14-18H,9-13H2,(H,29,30)/t15?,16-,17?,18?/m1/s1. The molecule has 154 valence electrons. The van der Waals surface area contributed by atoms with Gasteiger partial charge in [0.15, 0.2) is 0 Å². The number of halogens is 2. The molecule has 0 spiro atoms. The first-order valence-corrected chi connectivity index (χ1v) is 11.0. The number of nitrogens with one attached hydrogen (secondary N) is 1. The Balaban J connectivity index is 1.21. The Kier molecular flexibility index (Phi) is 5.20. The second-order valence-corrected chi connectivity index (χ2v) is 9.28. The van der Waals surface area contributed by atoms with Crippen molar-refractivity contribution in [2.75, 3.05) is 5.32 Å². The lowest BCUT2D eigenvalue weighted by atomic mass is 9.89. The summed E-state index contributed by atoms with van der Waals surface area (Å²) in [6.07, 6.45) is 6.86. The maximum atomic E-state index is 13.8. The van der Waals surface area contributed by atoms with Gasteiger partial charge < -0.3 is 5.32 Å². The molecule has 2 aliphatic rings. The molecule has 30 heavy (non-hydrogen) atoms. The summed E-state index contributed by atoms with van der Waals surface area (Å²) < 4.78 is 13.8. The smallest absolute Gasteiger partial charge is 0.224 e. The fourth-order valence-corrected chi connectivity index (χ4v) is 5.79. The summed E-state index contributed by atoms with van der Waals surface area (Å²) in [5.74, 6) is 2.08. The first kappa shape index (κ1) is 19.5. The van der Waals surface area contributed by atoms with E-state index in [1.165, 1.54) is 11.6 Å². The number of carbonyl (C=O) groups excluding carboxylic acids is 1. The van der Waals surface area contributed by atoms with E-state index >= 15 is 0 Å². The largest absolute Gasteiger partial charge is 0.326 e. The number of nitrogens with zero attached hydrogens (tertiary/aromatic N) is 1. The van der Waals surface area contributed by atoms with Crippen molar-refractivity contribution in [1.29, 1.82) is 0 Å². The summed E-state index contributed by atoms with van der Waals surface area (Å²) in [4.78, 5) is 16.8. The molecule has 1 amide bonds. The van der Waals surface area contributed by atoms with E-state index in [1.807, 2.05) is 18.3 Å². The molecule has 2 aliphatic carbocycles. The Morgan fingerprint density at radius 2 is 1.77 bits per heavy atom. The van der Waals surface area contributed by atoms with Gasteiger partial charge in [-0.15, -0.1) is 0 Å². The molecule has 1 N–H and O–H groups in total. The molecule has 2 fully saturated rings. The zero-order valence-corrected chi connectivity index (χ0v) is 17.4. The van der Waals surface area contributed by atoms with Gasteiger partial charge in [-0.3, -0.25) is 9.78 Å². The van der Waals surface area contributed by atoms with Crippen molar-refractivity contribution in [3.8, 4) is 0 Å². The average Bonchev–Trinajstić information content (AvgIpc) is 3.27. The third-order valence-electron chi connectivity index (χ3n) is 6.89. The van der Waals surface area contributed by atoms with Crippen molar-refractivity contribution in [2.45, 2.75) is 38.0 Å². The lowest BCUT2D eigenvalue weighted by Crippen LogP contribution is -2.15. The normalized spacial score (nSPS) is 25.4. The number of fused-ring (bicyclic) bond motifs is 2. The van der Waals surface area contributed by atoms with Gasteiger partial charge in [0, 0.05) is 28.7 Å². The number of hydrogen-bond acceptors (Lipinski definition) is 2. The molecular weight excluding hydrogens is 399 g/mol. The van der Waals surface area contributed by atoms with Gasteiger partial charge >= 0.3 is 0 Å². The van der Waals surface area contributed by atoms with E-state index in [0.29, 0.717) is 35.1 Å². The van der Waals surface area contributed by atoms with Gasteiger partial charge in [-0.1, -0.05) is 11.6 Å². The van der Waals surface area contributed by atoms with Crippen molar-refractivity contribution in [3.63, 3.8) is 0 Å². The molecule has 0 aliphatic heterocycles. The fourth-order valence-electron chi connectivity index (χ4n) is 5.67. The number of carbonyl (C=O) groups is 1. The zero-order chi connectivity index (χ0) is 20.7. The Hall–Kier alpha value is -2.46. The van der Waals surface area contributed by atoms with E-state index in [0.717, 1.165) is 42.3 Å². The number of rotatable bonds is 4. The average molecular weight is 423 g/mol. The summed E-state index contributed by atoms with van der Waals surface area (Å²) in [6.45, 7) is 0. The number of aromatic nitrogens is 1. The molecule has 5 heteroatoms. The van der Waals surface area contributed by atoms with Crippen molar-refractivity contribution >= 4 is 34.1 Å². The van der Waals surface area contributed by atoms with Crippen LogP contribution in [0.1, 0.15) is 43.6 Å². The lowest BCUT2D eigenvalue weighted by molar-refractivity contribution is -0.117. The van der Waals surface area contributed by atoms with Gasteiger partial charge in [-0.05, 0) is 103 Å². The maximum Gasteiger partial charge on any atom is 0.224 e. The number of anilines is 1. The van der Waals surface area contributed by atoms with Gasteiger partial charge in [0.2, 0.25) is 5.91 Å². The van der Waals surface area contributed by atoms with E-state index < -0.39 is 0 Å². The molecule has 1 heterocycles. The highest BCUT2D eigenvalue weighted by atomic mass is 35.5. The molecule has 1 aromatic heterocycles. The van der Waals surface area contributed by atoms with Crippen LogP contribution in [0.3, 0.4) is 0 Å². The molecule has 3 aromatic rings. The second-order valence-electron chi connectivity index (χ2n) is 8.85. The zero-order valence-electron chi connectivity index (χ0n) is 16.7. The molecule has 0 bridgehead atoms. The van der Waals surface area contributed by atoms with E-state index in [1.54, 1.807) is 24.3 Å². The lowest BCUT2D eigenvalue weighted by Gasteiger charge is -2.17. The van der Waals surface area contributed by atoms with Gasteiger partial charge in [0.1, 0.15) is 5.82 Å². The Labute approximate surface area is 180 Å². The highest BCUT2D eigenvalue weighted by molar-refractivity contribution is 6.30. The number of hydrogen-bond donors (Lipinski definition) is 1. The summed E-state index contributed by atoms with van der Waals surface area (Å²) >= 11 is 5.90. The molecule has 2 saturated carbocycles. The third-order valence-corrected chi connectivity index (χ3v) is 7.14. The van der Waals surface area contributed by atoms with Crippen LogP contribution in [-0.2, 0) is 4.79 Å². The van der Waals surface area contributed by atoms with Crippen molar-refractivity contribution in [1.82, 2.24) is 4.98 Å². The van der Waals surface area contributed by atoms with E-state index in [4.69, 9.17) is 11.6 Å². The summed E-state index contributed by atoms with van der Waals surface area (Å²) in [5, 5.41) is 4.59. The first-order valence-electron chi connectivity index (χ1n) is 10.6. The van der Waals surface area contributed by atoms with Crippen LogP contribution in [0, 0.1) is 23.6 Å². The molecule has 4 atom stereocenters. The minimum atomic E-state index is -0.207.